The SMILES string of the molecule is COc1ccc(/C=C/C(=O)c2c(O)cc(O[C@@H]3OC(CO[C@@H]4OC(C)[C@H](O)[C@H](O)C4O)[C@H](O)[C@H](O)C3O)cc2O)cc1O. The minimum Gasteiger partial charge on any atom is -0.507 e. The largest absolute Gasteiger partial charge is 0.507 e. The number of ketones is 1. The first-order valence-electron chi connectivity index (χ1n) is 13.1. The monoisotopic (exact) mass is 610 g/mol. The van der Waals surface area contributed by atoms with Gasteiger partial charge in [-0.05, 0) is 30.7 Å². The summed E-state index contributed by atoms with van der Waals surface area (Å²) in [5, 5.41) is 91.9. The molecule has 2 aromatic rings. The number of methoxy groups -OCH3 is 1. The van der Waals surface area contributed by atoms with Gasteiger partial charge in [0, 0.05) is 12.1 Å². The van der Waals surface area contributed by atoms with Gasteiger partial charge in [0.1, 0.15) is 65.5 Å². The Hall–Kier alpha value is -3.51. The number of allylic oxidation sites excluding steroid dienone is 1. The summed E-state index contributed by atoms with van der Waals surface area (Å²) in [6.07, 6.45) is -12.8. The molecule has 2 saturated heterocycles. The number of phenols is 3. The van der Waals surface area contributed by atoms with Gasteiger partial charge in [-0.1, -0.05) is 12.1 Å². The first kappa shape index (κ1) is 32.4. The third-order valence-corrected chi connectivity index (χ3v) is 7.10. The molecule has 4 unspecified atom stereocenters. The third-order valence-electron chi connectivity index (χ3n) is 7.10. The van der Waals surface area contributed by atoms with Crippen LogP contribution in [-0.4, -0.2) is 127 Å². The van der Waals surface area contributed by atoms with Crippen LogP contribution in [0.25, 0.3) is 6.08 Å². The number of ether oxygens (including phenoxy) is 5. The molecule has 2 aromatic carbocycles. The van der Waals surface area contributed by atoms with Crippen LogP contribution in [0.2, 0.25) is 0 Å². The number of aliphatic hydroxyl groups is 6. The van der Waals surface area contributed by atoms with Gasteiger partial charge in [0.05, 0.1) is 19.8 Å². The van der Waals surface area contributed by atoms with Gasteiger partial charge in [-0.25, -0.2) is 0 Å². The standard InChI is InChI=1S/C28H34O15/c1-11-21(33)23(35)25(37)27(41-11)40-10-19-22(34)24(36)26(38)28(43-19)42-13-8-16(31)20(17(32)9-13)14(29)5-3-12-4-6-18(39-2)15(30)7-12/h3-9,11,19,21-28,30-38H,10H2,1-2H3/b5-3+/t11?,19?,21-,22-,23-,24-,25?,26?,27+,28+/m0/s1. The van der Waals surface area contributed by atoms with Crippen LogP contribution in [0.5, 0.6) is 28.7 Å². The highest BCUT2D eigenvalue weighted by Gasteiger charge is 2.47. The summed E-state index contributed by atoms with van der Waals surface area (Å²) in [6, 6.07) is 6.31. The highest BCUT2D eigenvalue weighted by molar-refractivity contribution is 6.10. The predicted octanol–water partition coefficient (Wildman–Crippen LogP) is -1.26. The lowest BCUT2D eigenvalue weighted by atomic mass is 9.98. The van der Waals surface area contributed by atoms with E-state index in [1.165, 1.54) is 32.2 Å². The molecule has 15 nitrogen and oxygen atoms in total. The molecule has 2 aliphatic rings. The second kappa shape index (κ2) is 13.4. The van der Waals surface area contributed by atoms with Gasteiger partial charge in [-0.15, -0.1) is 0 Å². The molecule has 15 heteroatoms. The smallest absolute Gasteiger partial charge is 0.229 e. The van der Waals surface area contributed by atoms with E-state index >= 15 is 0 Å². The van der Waals surface area contributed by atoms with Crippen LogP contribution in [0.4, 0.5) is 0 Å². The topological polar surface area (TPSA) is 245 Å². The van der Waals surface area contributed by atoms with E-state index in [1.807, 2.05) is 0 Å². The summed E-state index contributed by atoms with van der Waals surface area (Å²) in [7, 11) is 1.38. The summed E-state index contributed by atoms with van der Waals surface area (Å²) in [5.74, 6) is -2.37. The molecule has 0 radical (unpaired) electrons. The number of phenolic OH excluding ortho intramolecular Hbond substituents is 3. The highest BCUT2D eigenvalue weighted by Crippen LogP contribution is 2.35. The van der Waals surface area contributed by atoms with Crippen LogP contribution in [0, 0.1) is 0 Å². The van der Waals surface area contributed by atoms with Crippen molar-refractivity contribution >= 4 is 11.9 Å². The van der Waals surface area contributed by atoms with Crippen molar-refractivity contribution in [2.45, 2.75) is 68.3 Å². The van der Waals surface area contributed by atoms with E-state index in [4.69, 9.17) is 23.7 Å². The fraction of sp³-hybridized carbons (Fsp3) is 0.464. The maximum Gasteiger partial charge on any atom is 0.229 e. The van der Waals surface area contributed by atoms with Crippen molar-refractivity contribution in [2.24, 2.45) is 0 Å². The zero-order valence-electron chi connectivity index (χ0n) is 23.0. The van der Waals surface area contributed by atoms with Crippen LogP contribution in [0.3, 0.4) is 0 Å². The summed E-state index contributed by atoms with van der Waals surface area (Å²) in [4.78, 5) is 12.7. The van der Waals surface area contributed by atoms with Gasteiger partial charge in [-0.3, -0.25) is 4.79 Å². The number of carbonyl (C=O) groups excluding carboxylic acids is 1. The molecule has 0 bridgehead atoms. The maximum absolute atomic E-state index is 12.7. The van der Waals surface area contributed by atoms with Gasteiger partial charge in [0.2, 0.25) is 6.29 Å². The molecule has 2 aliphatic heterocycles. The average Bonchev–Trinajstić information content (AvgIpc) is 2.96. The maximum atomic E-state index is 12.7. The Morgan fingerprint density at radius 2 is 1.44 bits per heavy atom. The van der Waals surface area contributed by atoms with Crippen molar-refractivity contribution in [3.63, 3.8) is 0 Å². The number of hydrogen-bond acceptors (Lipinski definition) is 15. The number of hydrogen-bond donors (Lipinski definition) is 9. The molecule has 0 aliphatic carbocycles. The summed E-state index contributed by atoms with van der Waals surface area (Å²) in [6.45, 7) is 0.920. The van der Waals surface area contributed by atoms with Crippen LogP contribution < -0.4 is 9.47 Å². The molecule has 0 spiro atoms. The number of carbonyl (C=O) groups is 1. The van der Waals surface area contributed by atoms with Gasteiger partial charge in [0.25, 0.3) is 0 Å². The Bertz CT molecular complexity index is 1290. The summed E-state index contributed by atoms with van der Waals surface area (Å²) in [5.41, 5.74) is -0.0399. The lowest BCUT2D eigenvalue weighted by Crippen LogP contribution is -2.61. The minimum atomic E-state index is -1.81. The normalized spacial score (nSPS) is 32.9. The second-order valence-electron chi connectivity index (χ2n) is 10.1. The van der Waals surface area contributed by atoms with E-state index in [0.717, 1.165) is 18.2 Å². The number of rotatable bonds is 9. The quantitative estimate of drug-likeness (QED) is 0.119. The van der Waals surface area contributed by atoms with Gasteiger partial charge in [0.15, 0.2) is 23.6 Å². The first-order chi connectivity index (χ1) is 20.3. The summed E-state index contributed by atoms with van der Waals surface area (Å²) >= 11 is 0. The van der Waals surface area contributed by atoms with E-state index < -0.39 is 90.9 Å². The Morgan fingerprint density at radius 1 is 0.814 bits per heavy atom. The lowest BCUT2D eigenvalue weighted by molar-refractivity contribution is -0.318. The average molecular weight is 611 g/mol. The van der Waals surface area contributed by atoms with Gasteiger partial charge >= 0.3 is 0 Å². The zero-order chi connectivity index (χ0) is 31.6. The molecular weight excluding hydrogens is 576 g/mol. The van der Waals surface area contributed by atoms with Gasteiger partial charge in [-0.2, -0.15) is 0 Å². The van der Waals surface area contributed by atoms with E-state index in [1.54, 1.807) is 6.07 Å². The molecule has 0 saturated carbocycles. The van der Waals surface area contributed by atoms with Crippen molar-refractivity contribution in [2.75, 3.05) is 13.7 Å². The number of benzene rings is 2. The summed E-state index contributed by atoms with van der Waals surface area (Å²) < 4.78 is 26.7. The molecule has 43 heavy (non-hydrogen) atoms. The fourth-order valence-electron chi connectivity index (χ4n) is 4.60. The van der Waals surface area contributed by atoms with Crippen LogP contribution in [0.15, 0.2) is 36.4 Å². The zero-order valence-corrected chi connectivity index (χ0v) is 23.0. The molecule has 0 amide bonds. The molecule has 10 atom stereocenters. The van der Waals surface area contributed by atoms with Crippen molar-refractivity contribution in [3.05, 3.63) is 47.5 Å². The number of aliphatic hydroxyl groups excluding tert-OH is 6. The fourth-order valence-corrected chi connectivity index (χ4v) is 4.60. The Labute approximate surface area is 245 Å². The second-order valence-corrected chi connectivity index (χ2v) is 10.1. The predicted molar refractivity (Wildman–Crippen MR) is 143 cm³/mol. The molecule has 4 rings (SSSR count). The minimum absolute atomic E-state index is 0.156. The first-order valence-corrected chi connectivity index (χ1v) is 13.1. The molecule has 2 heterocycles. The molecule has 236 valence electrons. The van der Waals surface area contributed by atoms with Gasteiger partial charge < -0.3 is 69.6 Å². The lowest BCUT2D eigenvalue weighted by Gasteiger charge is -2.42. The third kappa shape index (κ3) is 7.01. The Balaban J connectivity index is 1.43. The van der Waals surface area contributed by atoms with Crippen molar-refractivity contribution in [1.29, 1.82) is 0 Å². The molecule has 0 aromatic heterocycles. The van der Waals surface area contributed by atoms with Crippen LogP contribution >= 0.6 is 0 Å². The van der Waals surface area contributed by atoms with Crippen molar-refractivity contribution in [1.82, 2.24) is 0 Å². The van der Waals surface area contributed by atoms with E-state index in [2.05, 4.69) is 0 Å². The Morgan fingerprint density at radius 3 is 2.07 bits per heavy atom. The van der Waals surface area contributed by atoms with E-state index in [9.17, 15) is 50.8 Å². The molecule has 2 fully saturated rings. The molecular formula is C28H34O15. The molecule has 9 N–H and O–H groups in total. The van der Waals surface area contributed by atoms with E-state index in [-0.39, 0.29) is 17.2 Å². The van der Waals surface area contributed by atoms with Crippen molar-refractivity contribution in [3.8, 4) is 28.7 Å². The highest BCUT2D eigenvalue weighted by atomic mass is 16.7. The number of aromatic hydroxyl groups is 3. The van der Waals surface area contributed by atoms with Crippen LogP contribution in [0.1, 0.15) is 22.8 Å². The van der Waals surface area contributed by atoms with Crippen LogP contribution in [-0.2, 0) is 14.2 Å². The van der Waals surface area contributed by atoms with Crippen molar-refractivity contribution < 1.29 is 74.4 Å². The van der Waals surface area contributed by atoms with E-state index in [0.29, 0.717) is 5.56 Å². The Kier molecular flexibility index (Phi) is 10.1.